The van der Waals surface area contributed by atoms with Gasteiger partial charge < -0.3 is 9.80 Å². The lowest BCUT2D eigenvalue weighted by Crippen LogP contribution is -2.49. The van der Waals surface area contributed by atoms with E-state index in [-0.39, 0.29) is 16.5 Å². The molecule has 0 atom stereocenters. The maximum atomic E-state index is 12.8. The predicted octanol–water partition coefficient (Wildman–Crippen LogP) is 4.45. The highest BCUT2D eigenvalue weighted by atomic mass is 35.5. The van der Waals surface area contributed by atoms with Gasteiger partial charge in [-0.05, 0) is 29.2 Å². The van der Waals surface area contributed by atoms with Gasteiger partial charge in [0, 0.05) is 44.1 Å². The second-order valence-corrected chi connectivity index (χ2v) is 9.05. The highest BCUT2D eigenvalue weighted by molar-refractivity contribution is 6.32. The van der Waals surface area contributed by atoms with Crippen LogP contribution < -0.4 is 4.90 Å². The number of piperazine rings is 1. The molecule has 0 aliphatic carbocycles. The van der Waals surface area contributed by atoms with Crippen molar-refractivity contribution in [2.24, 2.45) is 0 Å². The molecule has 6 nitrogen and oxygen atoms in total. The largest absolute Gasteiger partial charge is 0.337 e. The van der Waals surface area contributed by atoms with Gasteiger partial charge in [-0.25, -0.2) is 15.0 Å². The first kappa shape index (κ1) is 21.2. The number of carbonyl (C=O) groups excluding carboxylic acids is 1. The summed E-state index contributed by atoms with van der Waals surface area (Å²) in [5, 5.41) is 0.239. The maximum absolute atomic E-state index is 12.8. The Morgan fingerprint density at radius 2 is 1.65 bits per heavy atom. The second-order valence-electron chi connectivity index (χ2n) is 8.69. The third-order valence-corrected chi connectivity index (χ3v) is 5.83. The van der Waals surface area contributed by atoms with Crippen molar-refractivity contribution in [2.75, 3.05) is 31.1 Å². The molecule has 1 aliphatic rings. The standard InChI is InChI=1S/C24H26ClN5O/c1-24(2,3)18-8-6-17(7-9-18)20-10-12-27-23(28-20)30-15-13-29(14-16-30)22(31)19-5-4-11-26-21(19)25/h4-12H,13-16H2,1-3H3. The van der Waals surface area contributed by atoms with Crippen LogP contribution in [0.3, 0.4) is 0 Å². The van der Waals surface area contributed by atoms with Crippen LogP contribution in [-0.4, -0.2) is 51.9 Å². The molecule has 0 radical (unpaired) electrons. The Morgan fingerprint density at radius 1 is 0.935 bits per heavy atom. The topological polar surface area (TPSA) is 62.2 Å². The van der Waals surface area contributed by atoms with E-state index in [4.69, 9.17) is 16.6 Å². The van der Waals surface area contributed by atoms with Crippen molar-refractivity contribution in [2.45, 2.75) is 26.2 Å². The monoisotopic (exact) mass is 435 g/mol. The summed E-state index contributed by atoms with van der Waals surface area (Å²) in [6, 6.07) is 13.9. The van der Waals surface area contributed by atoms with Gasteiger partial charge in [0.05, 0.1) is 11.3 Å². The fourth-order valence-corrected chi connectivity index (χ4v) is 3.83. The molecule has 4 rings (SSSR count). The molecule has 0 unspecified atom stereocenters. The van der Waals surface area contributed by atoms with Gasteiger partial charge in [-0.1, -0.05) is 56.6 Å². The molecule has 0 N–H and O–H groups in total. The van der Waals surface area contributed by atoms with Crippen molar-refractivity contribution in [3.05, 3.63) is 71.1 Å². The third-order valence-electron chi connectivity index (χ3n) is 5.53. The van der Waals surface area contributed by atoms with Gasteiger partial charge in [0.2, 0.25) is 5.95 Å². The highest BCUT2D eigenvalue weighted by Crippen LogP contribution is 2.26. The average Bonchev–Trinajstić information content (AvgIpc) is 2.79. The number of carbonyl (C=O) groups is 1. The summed E-state index contributed by atoms with van der Waals surface area (Å²) in [5.41, 5.74) is 3.81. The van der Waals surface area contributed by atoms with E-state index in [1.165, 1.54) is 5.56 Å². The lowest BCUT2D eigenvalue weighted by atomic mass is 9.86. The molecule has 3 aromatic rings. The van der Waals surface area contributed by atoms with Crippen LogP contribution in [-0.2, 0) is 5.41 Å². The highest BCUT2D eigenvalue weighted by Gasteiger charge is 2.25. The molecular weight excluding hydrogens is 410 g/mol. The Bertz CT molecular complexity index is 1070. The summed E-state index contributed by atoms with van der Waals surface area (Å²) in [4.78, 5) is 29.9. The Morgan fingerprint density at radius 3 is 2.29 bits per heavy atom. The average molecular weight is 436 g/mol. The van der Waals surface area contributed by atoms with Crippen molar-refractivity contribution < 1.29 is 4.79 Å². The van der Waals surface area contributed by atoms with Crippen molar-refractivity contribution in [3.63, 3.8) is 0 Å². The van der Waals surface area contributed by atoms with E-state index in [0.29, 0.717) is 37.7 Å². The molecule has 1 saturated heterocycles. The van der Waals surface area contributed by atoms with Gasteiger partial charge >= 0.3 is 0 Å². The molecule has 0 spiro atoms. The second kappa shape index (κ2) is 8.63. The van der Waals surface area contributed by atoms with Gasteiger partial charge in [0.25, 0.3) is 5.91 Å². The number of pyridine rings is 1. The number of hydrogen-bond acceptors (Lipinski definition) is 5. The summed E-state index contributed by atoms with van der Waals surface area (Å²) >= 11 is 6.08. The number of rotatable bonds is 3. The van der Waals surface area contributed by atoms with Crippen molar-refractivity contribution >= 4 is 23.5 Å². The Labute approximate surface area is 187 Å². The van der Waals surface area contributed by atoms with Crippen LogP contribution >= 0.6 is 11.6 Å². The number of benzene rings is 1. The van der Waals surface area contributed by atoms with Gasteiger partial charge in [0.15, 0.2) is 0 Å². The summed E-state index contributed by atoms with van der Waals surface area (Å²) in [6.45, 7) is 9.11. The fraction of sp³-hybridized carbons (Fsp3) is 0.333. The summed E-state index contributed by atoms with van der Waals surface area (Å²) in [6.07, 6.45) is 3.38. The van der Waals surface area contributed by atoms with Crippen LogP contribution in [0.4, 0.5) is 5.95 Å². The molecule has 1 amide bonds. The van der Waals surface area contributed by atoms with Crippen LogP contribution in [0.15, 0.2) is 54.9 Å². The number of hydrogen-bond donors (Lipinski definition) is 0. The molecule has 1 aromatic carbocycles. The lowest BCUT2D eigenvalue weighted by Gasteiger charge is -2.34. The van der Waals surface area contributed by atoms with E-state index < -0.39 is 0 Å². The van der Waals surface area contributed by atoms with E-state index >= 15 is 0 Å². The van der Waals surface area contributed by atoms with Crippen LogP contribution in [0.1, 0.15) is 36.7 Å². The van der Waals surface area contributed by atoms with Crippen molar-refractivity contribution in [1.82, 2.24) is 19.9 Å². The van der Waals surface area contributed by atoms with Crippen molar-refractivity contribution in [3.8, 4) is 11.3 Å². The molecule has 31 heavy (non-hydrogen) atoms. The third kappa shape index (κ3) is 4.69. The van der Waals surface area contributed by atoms with Gasteiger partial charge in [0.1, 0.15) is 5.15 Å². The normalized spacial score (nSPS) is 14.6. The first-order valence-corrected chi connectivity index (χ1v) is 10.8. The van der Waals surface area contributed by atoms with E-state index in [1.807, 2.05) is 6.07 Å². The van der Waals surface area contributed by atoms with E-state index in [9.17, 15) is 4.79 Å². The van der Waals surface area contributed by atoms with Gasteiger partial charge in [-0.15, -0.1) is 0 Å². The molecule has 3 heterocycles. The first-order chi connectivity index (χ1) is 14.8. The predicted molar refractivity (Wildman–Crippen MR) is 124 cm³/mol. The van der Waals surface area contributed by atoms with Crippen molar-refractivity contribution in [1.29, 1.82) is 0 Å². The van der Waals surface area contributed by atoms with E-state index in [0.717, 1.165) is 11.3 Å². The summed E-state index contributed by atoms with van der Waals surface area (Å²) in [5.74, 6) is 0.593. The Kier molecular flexibility index (Phi) is 5.92. The SMILES string of the molecule is CC(C)(C)c1ccc(-c2ccnc(N3CCN(C(=O)c4cccnc4Cl)CC3)n2)cc1. The molecule has 0 bridgehead atoms. The minimum atomic E-state index is -0.0913. The number of aromatic nitrogens is 3. The summed E-state index contributed by atoms with van der Waals surface area (Å²) < 4.78 is 0. The molecule has 160 valence electrons. The van der Waals surface area contributed by atoms with Crippen LogP contribution in [0.2, 0.25) is 5.15 Å². The Balaban J connectivity index is 1.45. The van der Waals surface area contributed by atoms with Crippen LogP contribution in [0.5, 0.6) is 0 Å². The van der Waals surface area contributed by atoms with E-state index in [1.54, 1.807) is 29.4 Å². The van der Waals surface area contributed by atoms with E-state index in [2.05, 4.69) is 59.9 Å². The fourth-order valence-electron chi connectivity index (χ4n) is 3.63. The van der Waals surface area contributed by atoms with Crippen LogP contribution in [0.25, 0.3) is 11.3 Å². The quantitative estimate of drug-likeness (QED) is 0.568. The zero-order chi connectivity index (χ0) is 22.0. The smallest absolute Gasteiger partial charge is 0.257 e. The zero-order valence-electron chi connectivity index (χ0n) is 18.0. The van der Waals surface area contributed by atoms with Gasteiger partial charge in [-0.3, -0.25) is 4.79 Å². The zero-order valence-corrected chi connectivity index (χ0v) is 18.8. The summed E-state index contributed by atoms with van der Waals surface area (Å²) in [7, 11) is 0. The minimum Gasteiger partial charge on any atom is -0.337 e. The molecular formula is C24H26ClN5O. The molecule has 7 heteroatoms. The molecule has 1 fully saturated rings. The number of halogens is 1. The number of anilines is 1. The maximum Gasteiger partial charge on any atom is 0.257 e. The minimum absolute atomic E-state index is 0.0913. The van der Waals surface area contributed by atoms with Gasteiger partial charge in [-0.2, -0.15) is 0 Å². The Hall–Kier alpha value is -2.99. The lowest BCUT2D eigenvalue weighted by molar-refractivity contribution is 0.0746. The molecule has 0 saturated carbocycles. The first-order valence-electron chi connectivity index (χ1n) is 10.4. The number of nitrogens with zero attached hydrogens (tertiary/aromatic N) is 5. The number of amides is 1. The molecule has 1 aliphatic heterocycles. The van der Waals surface area contributed by atoms with Crippen LogP contribution in [0, 0.1) is 0 Å². The molecule has 2 aromatic heterocycles.